The molecule has 2 heterocycles. The van der Waals surface area contributed by atoms with Crippen molar-refractivity contribution in [1.29, 1.82) is 0 Å². The van der Waals surface area contributed by atoms with Crippen LogP contribution in [0.1, 0.15) is 59.3 Å². The Morgan fingerprint density at radius 3 is 2.62 bits per heavy atom. The number of fused-ring (bicyclic) bond motifs is 3. The minimum absolute atomic E-state index is 0.0669. The zero-order chi connectivity index (χ0) is 17.5. The van der Waals surface area contributed by atoms with Gasteiger partial charge in [-0.15, -0.1) is 0 Å². The second kappa shape index (κ2) is 6.44. The summed E-state index contributed by atoms with van der Waals surface area (Å²) >= 11 is 0. The first-order valence-electron chi connectivity index (χ1n) is 9.79. The van der Waals surface area contributed by atoms with E-state index < -0.39 is 0 Å². The average Bonchev–Trinajstić information content (AvgIpc) is 3.14. The van der Waals surface area contributed by atoms with Crippen LogP contribution in [0.3, 0.4) is 0 Å². The van der Waals surface area contributed by atoms with E-state index in [4.69, 9.17) is 0 Å². The molecule has 0 spiro atoms. The summed E-state index contributed by atoms with van der Waals surface area (Å²) in [5.74, 6) is 0.576. The van der Waals surface area contributed by atoms with Crippen LogP contribution in [0.2, 0.25) is 0 Å². The van der Waals surface area contributed by atoms with Crippen LogP contribution in [0.25, 0.3) is 0 Å². The van der Waals surface area contributed by atoms with Crippen molar-refractivity contribution in [3.05, 3.63) is 65.2 Å². The molecule has 26 heavy (non-hydrogen) atoms. The smallest absolute Gasteiger partial charge is 0.251 e. The third-order valence-corrected chi connectivity index (χ3v) is 6.26. The number of carbonyl (C=O) groups excluding carboxylic acids is 1. The number of carbonyl (C=O) groups is 1. The maximum atomic E-state index is 12.6. The van der Waals surface area contributed by atoms with Gasteiger partial charge in [-0.05, 0) is 61.6 Å². The predicted molar refractivity (Wildman–Crippen MR) is 103 cm³/mol. The van der Waals surface area contributed by atoms with Crippen LogP contribution >= 0.6 is 0 Å². The second-order valence-electron chi connectivity index (χ2n) is 7.82. The molecule has 1 unspecified atom stereocenters. The molecule has 0 bridgehead atoms. The van der Waals surface area contributed by atoms with Gasteiger partial charge >= 0.3 is 0 Å². The minimum Gasteiger partial charge on any atom is -0.378 e. The van der Waals surface area contributed by atoms with Crippen LogP contribution in [-0.4, -0.2) is 18.5 Å². The SMILES string of the molecule is O=C(NC1CCC1)c1ccc2c(c1)[C@H]1NCC[C@H]1C(c1ccccc1)N2. The molecule has 4 nitrogen and oxygen atoms in total. The highest BCUT2D eigenvalue weighted by atomic mass is 16.1. The normalized spacial score (nSPS) is 27.0. The van der Waals surface area contributed by atoms with Crippen molar-refractivity contribution in [2.45, 2.75) is 43.8 Å². The molecule has 1 amide bonds. The topological polar surface area (TPSA) is 53.2 Å². The summed E-state index contributed by atoms with van der Waals surface area (Å²) in [5.41, 5.74) is 4.50. The predicted octanol–water partition coefficient (Wildman–Crippen LogP) is 3.79. The van der Waals surface area contributed by atoms with Gasteiger partial charge in [0.2, 0.25) is 0 Å². The molecule has 1 saturated carbocycles. The highest BCUT2D eigenvalue weighted by molar-refractivity contribution is 5.95. The van der Waals surface area contributed by atoms with Gasteiger partial charge in [-0.2, -0.15) is 0 Å². The summed E-state index contributed by atoms with van der Waals surface area (Å²) in [6.07, 6.45) is 4.61. The number of hydrogen-bond acceptors (Lipinski definition) is 3. The molecule has 0 aromatic heterocycles. The fraction of sp³-hybridized carbons (Fsp3) is 0.409. The van der Waals surface area contributed by atoms with Gasteiger partial charge in [-0.3, -0.25) is 4.79 Å². The lowest BCUT2D eigenvalue weighted by molar-refractivity contribution is 0.0917. The van der Waals surface area contributed by atoms with Gasteiger partial charge in [0.25, 0.3) is 5.91 Å². The van der Waals surface area contributed by atoms with Crippen molar-refractivity contribution in [2.75, 3.05) is 11.9 Å². The Kier molecular flexibility index (Phi) is 3.93. The first-order chi connectivity index (χ1) is 12.8. The number of amides is 1. The molecule has 2 aromatic carbocycles. The van der Waals surface area contributed by atoms with Gasteiger partial charge in [-0.1, -0.05) is 30.3 Å². The number of anilines is 1. The molecule has 134 valence electrons. The van der Waals surface area contributed by atoms with E-state index in [1.54, 1.807) is 0 Å². The first-order valence-corrected chi connectivity index (χ1v) is 9.79. The molecule has 2 aliphatic heterocycles. The van der Waals surface area contributed by atoms with Crippen molar-refractivity contribution in [3.63, 3.8) is 0 Å². The van der Waals surface area contributed by atoms with Gasteiger partial charge in [0.05, 0.1) is 6.04 Å². The van der Waals surface area contributed by atoms with Gasteiger partial charge < -0.3 is 16.0 Å². The lowest BCUT2D eigenvalue weighted by Gasteiger charge is -2.37. The molecule has 3 aliphatic rings. The van der Waals surface area contributed by atoms with Gasteiger partial charge in [-0.25, -0.2) is 0 Å². The maximum Gasteiger partial charge on any atom is 0.251 e. The quantitative estimate of drug-likeness (QED) is 0.792. The van der Waals surface area contributed by atoms with E-state index in [1.165, 1.54) is 17.5 Å². The molecule has 1 saturated heterocycles. The molecule has 3 N–H and O–H groups in total. The minimum atomic E-state index is 0.0669. The first kappa shape index (κ1) is 15.9. The van der Waals surface area contributed by atoms with Crippen LogP contribution in [0, 0.1) is 5.92 Å². The van der Waals surface area contributed by atoms with Crippen molar-refractivity contribution < 1.29 is 4.79 Å². The van der Waals surface area contributed by atoms with Crippen molar-refractivity contribution in [3.8, 4) is 0 Å². The Hall–Kier alpha value is -2.33. The van der Waals surface area contributed by atoms with E-state index in [0.717, 1.165) is 37.1 Å². The fourth-order valence-electron chi connectivity index (χ4n) is 4.60. The Morgan fingerprint density at radius 1 is 1.00 bits per heavy atom. The number of rotatable bonds is 3. The fourth-order valence-corrected chi connectivity index (χ4v) is 4.60. The molecule has 4 heteroatoms. The summed E-state index contributed by atoms with van der Waals surface area (Å²) in [7, 11) is 0. The number of nitrogens with one attached hydrogen (secondary N) is 3. The maximum absolute atomic E-state index is 12.6. The number of hydrogen-bond donors (Lipinski definition) is 3. The third kappa shape index (κ3) is 2.69. The highest BCUT2D eigenvalue weighted by Gasteiger charge is 2.40. The second-order valence-corrected chi connectivity index (χ2v) is 7.82. The molecule has 2 fully saturated rings. The monoisotopic (exact) mass is 347 g/mol. The van der Waals surface area contributed by atoms with Crippen LogP contribution in [-0.2, 0) is 0 Å². The van der Waals surface area contributed by atoms with E-state index in [0.29, 0.717) is 24.0 Å². The lowest BCUT2D eigenvalue weighted by Crippen LogP contribution is -2.39. The third-order valence-electron chi connectivity index (χ3n) is 6.26. The van der Waals surface area contributed by atoms with Crippen LogP contribution in [0.4, 0.5) is 5.69 Å². The van der Waals surface area contributed by atoms with Gasteiger partial charge in [0.1, 0.15) is 0 Å². The van der Waals surface area contributed by atoms with Crippen molar-refractivity contribution in [1.82, 2.24) is 10.6 Å². The highest BCUT2D eigenvalue weighted by Crippen LogP contribution is 2.47. The Morgan fingerprint density at radius 2 is 1.85 bits per heavy atom. The van der Waals surface area contributed by atoms with Crippen LogP contribution in [0.5, 0.6) is 0 Å². The number of benzene rings is 2. The largest absolute Gasteiger partial charge is 0.378 e. The van der Waals surface area contributed by atoms with Crippen LogP contribution < -0.4 is 16.0 Å². The van der Waals surface area contributed by atoms with E-state index in [9.17, 15) is 4.79 Å². The summed E-state index contributed by atoms with van der Waals surface area (Å²) in [6.45, 7) is 1.03. The summed E-state index contributed by atoms with van der Waals surface area (Å²) in [5, 5.41) is 10.6. The standard InChI is InChI=1S/C22H25N3O/c26-22(24-16-7-4-8-16)15-9-10-19-18(13-15)21-17(11-12-23-21)20(25-19)14-5-2-1-3-6-14/h1-3,5-6,9-10,13,16-17,20-21,23,25H,4,7-8,11-12H2,(H,24,26)/t17-,20?,21-/m0/s1. The molecular formula is C22H25N3O. The molecule has 3 atom stereocenters. The molecule has 0 radical (unpaired) electrons. The summed E-state index contributed by atoms with van der Waals surface area (Å²) in [4.78, 5) is 12.6. The zero-order valence-corrected chi connectivity index (χ0v) is 14.9. The molecule has 2 aromatic rings. The van der Waals surface area contributed by atoms with E-state index in [2.05, 4.69) is 58.4 Å². The zero-order valence-electron chi connectivity index (χ0n) is 14.9. The Labute approximate surface area is 154 Å². The van der Waals surface area contributed by atoms with E-state index >= 15 is 0 Å². The van der Waals surface area contributed by atoms with Gasteiger partial charge in [0.15, 0.2) is 0 Å². The molecule has 1 aliphatic carbocycles. The summed E-state index contributed by atoms with van der Waals surface area (Å²) in [6, 6.07) is 17.8. The van der Waals surface area contributed by atoms with E-state index in [-0.39, 0.29) is 5.91 Å². The summed E-state index contributed by atoms with van der Waals surface area (Å²) < 4.78 is 0. The lowest BCUT2D eigenvalue weighted by atomic mass is 9.80. The van der Waals surface area contributed by atoms with Crippen molar-refractivity contribution in [2.24, 2.45) is 5.92 Å². The van der Waals surface area contributed by atoms with Crippen molar-refractivity contribution >= 4 is 11.6 Å². The average molecular weight is 347 g/mol. The van der Waals surface area contributed by atoms with E-state index in [1.807, 2.05) is 6.07 Å². The van der Waals surface area contributed by atoms with Crippen LogP contribution in [0.15, 0.2) is 48.5 Å². The molecular weight excluding hydrogens is 322 g/mol. The Bertz CT molecular complexity index is 815. The Balaban J connectivity index is 1.45. The molecule has 5 rings (SSSR count). The van der Waals surface area contributed by atoms with Gasteiger partial charge in [0, 0.05) is 29.3 Å².